The molecule has 0 amide bonds. The molecule has 0 bridgehead atoms. The summed E-state index contributed by atoms with van der Waals surface area (Å²) < 4.78 is 52.3. The van der Waals surface area contributed by atoms with Gasteiger partial charge in [-0.15, -0.1) is 11.6 Å². The van der Waals surface area contributed by atoms with Crippen LogP contribution in [0.25, 0.3) is 11.2 Å². The summed E-state index contributed by atoms with van der Waals surface area (Å²) in [5.74, 6) is -4.07. The summed E-state index contributed by atoms with van der Waals surface area (Å²) in [6.07, 6.45) is -3.76. The highest BCUT2D eigenvalue weighted by Crippen LogP contribution is 2.30. The molecule has 2 aromatic heterocycles. The third-order valence-electron chi connectivity index (χ3n) is 2.80. The second-order valence-electron chi connectivity index (χ2n) is 4.53. The first-order valence-corrected chi connectivity index (χ1v) is 6.30. The molecule has 0 aliphatic carbocycles. The Bertz CT molecular complexity index is 624. The number of alkyl halides is 5. The molecule has 0 radical (unpaired) electrons. The van der Waals surface area contributed by atoms with Crippen molar-refractivity contribution in [2.24, 2.45) is 0 Å². The maximum absolute atomic E-state index is 13.3. The summed E-state index contributed by atoms with van der Waals surface area (Å²) in [6, 6.07) is 3.26. The first-order valence-electron chi connectivity index (χ1n) is 5.86. The maximum Gasteiger partial charge on any atom is 0.324 e. The number of pyridine rings is 1. The number of hydrogen-bond acceptors (Lipinski definition) is 2. The highest BCUT2D eigenvalue weighted by Gasteiger charge is 2.42. The largest absolute Gasteiger partial charge is 0.324 e. The second kappa shape index (κ2) is 5.20. The monoisotopic (exact) mass is 309 g/mol. The Labute approximate surface area is 117 Å². The lowest BCUT2D eigenvalue weighted by atomic mass is 10.3. The van der Waals surface area contributed by atoms with Crippen molar-refractivity contribution in [2.45, 2.75) is 38.1 Å². The van der Waals surface area contributed by atoms with Crippen molar-refractivity contribution in [3.8, 4) is 0 Å². The van der Waals surface area contributed by atoms with Crippen LogP contribution in [0.2, 0.25) is 0 Å². The molecule has 110 valence electrons. The normalized spacial score (nSPS) is 14.2. The molecule has 0 aromatic carbocycles. The zero-order chi connectivity index (χ0) is 15.1. The molecule has 1 atom stereocenters. The molecule has 0 saturated heterocycles. The fourth-order valence-electron chi connectivity index (χ4n) is 1.85. The standard InChI is InChI=1S/C12H12ClF4N3/c1-6-3-4-8-10(18-6)20(9(19-8)7(2)13)5-12(16,17)11(14)15/h3-4,7,11H,5H2,1-2H3. The zero-order valence-corrected chi connectivity index (χ0v) is 11.5. The van der Waals surface area contributed by atoms with Gasteiger partial charge in [0.05, 0.1) is 11.9 Å². The quantitative estimate of drug-likeness (QED) is 0.632. The van der Waals surface area contributed by atoms with E-state index in [1.165, 1.54) is 6.92 Å². The molecule has 0 spiro atoms. The first-order chi connectivity index (χ1) is 9.22. The highest BCUT2D eigenvalue weighted by atomic mass is 35.5. The molecule has 0 fully saturated rings. The van der Waals surface area contributed by atoms with Crippen LogP contribution in [-0.2, 0) is 6.54 Å². The number of aryl methyl sites for hydroxylation is 1. The fraction of sp³-hybridized carbons (Fsp3) is 0.500. The molecule has 2 rings (SSSR count). The lowest BCUT2D eigenvalue weighted by Crippen LogP contribution is -2.33. The Morgan fingerprint density at radius 3 is 2.50 bits per heavy atom. The maximum atomic E-state index is 13.3. The van der Waals surface area contributed by atoms with Crippen LogP contribution in [0.1, 0.15) is 23.8 Å². The molecule has 8 heteroatoms. The van der Waals surface area contributed by atoms with Crippen molar-refractivity contribution in [1.29, 1.82) is 0 Å². The zero-order valence-electron chi connectivity index (χ0n) is 10.7. The Balaban J connectivity index is 2.59. The van der Waals surface area contributed by atoms with Crippen LogP contribution in [0, 0.1) is 6.92 Å². The van der Waals surface area contributed by atoms with Gasteiger partial charge in [0.1, 0.15) is 11.3 Å². The number of imidazole rings is 1. The Hall–Kier alpha value is -1.37. The van der Waals surface area contributed by atoms with Crippen molar-refractivity contribution in [2.75, 3.05) is 0 Å². The minimum absolute atomic E-state index is 0.0973. The van der Waals surface area contributed by atoms with Gasteiger partial charge in [-0.3, -0.25) is 0 Å². The summed E-state index contributed by atoms with van der Waals surface area (Å²) in [5, 5.41) is -0.696. The van der Waals surface area contributed by atoms with Gasteiger partial charge in [0.25, 0.3) is 0 Å². The van der Waals surface area contributed by atoms with Crippen molar-refractivity contribution >= 4 is 22.8 Å². The Kier molecular flexibility index (Phi) is 3.90. The first kappa shape index (κ1) is 15.0. The van der Waals surface area contributed by atoms with Crippen LogP contribution in [-0.4, -0.2) is 26.9 Å². The lowest BCUT2D eigenvalue weighted by molar-refractivity contribution is -0.137. The smallest absolute Gasteiger partial charge is 0.305 e. The minimum Gasteiger partial charge on any atom is -0.305 e. The van der Waals surface area contributed by atoms with Crippen LogP contribution >= 0.6 is 11.6 Å². The number of rotatable bonds is 4. The van der Waals surface area contributed by atoms with Gasteiger partial charge in [0, 0.05) is 5.69 Å². The molecule has 2 heterocycles. The van der Waals surface area contributed by atoms with Gasteiger partial charge in [0.2, 0.25) is 0 Å². The molecule has 0 aliphatic rings. The van der Waals surface area contributed by atoms with Gasteiger partial charge in [-0.2, -0.15) is 8.78 Å². The van der Waals surface area contributed by atoms with Crippen molar-refractivity contribution in [3.63, 3.8) is 0 Å². The Morgan fingerprint density at radius 2 is 1.95 bits per heavy atom. The summed E-state index contributed by atoms with van der Waals surface area (Å²) in [6.45, 7) is 2.00. The van der Waals surface area contributed by atoms with E-state index in [9.17, 15) is 17.6 Å². The minimum atomic E-state index is -4.17. The van der Waals surface area contributed by atoms with E-state index in [-0.39, 0.29) is 11.5 Å². The van der Waals surface area contributed by atoms with Gasteiger partial charge in [0.15, 0.2) is 5.65 Å². The number of hydrogen-bond donors (Lipinski definition) is 0. The van der Waals surface area contributed by atoms with E-state index in [1.54, 1.807) is 19.1 Å². The number of aromatic nitrogens is 3. The topological polar surface area (TPSA) is 30.7 Å². The summed E-state index contributed by atoms with van der Waals surface area (Å²) in [7, 11) is 0. The van der Waals surface area contributed by atoms with Crippen molar-refractivity contribution in [3.05, 3.63) is 23.7 Å². The number of halogens is 5. The SMILES string of the molecule is Cc1ccc2nc(C(C)Cl)n(CC(F)(F)C(F)F)c2n1. The van der Waals surface area contributed by atoms with Gasteiger partial charge < -0.3 is 4.57 Å². The Morgan fingerprint density at radius 1 is 1.30 bits per heavy atom. The summed E-state index contributed by atoms with van der Waals surface area (Å²) in [5.41, 5.74) is 1.06. The molecule has 2 aromatic rings. The van der Waals surface area contributed by atoms with Crippen LogP contribution in [0.15, 0.2) is 12.1 Å². The van der Waals surface area contributed by atoms with E-state index in [2.05, 4.69) is 9.97 Å². The van der Waals surface area contributed by atoms with Crippen LogP contribution in [0.4, 0.5) is 17.6 Å². The number of fused-ring (bicyclic) bond motifs is 1. The molecule has 0 saturated carbocycles. The average Bonchev–Trinajstić information content (AvgIpc) is 2.67. The summed E-state index contributed by atoms with van der Waals surface area (Å²) in [4.78, 5) is 8.17. The molecular formula is C12H12ClF4N3. The molecule has 3 nitrogen and oxygen atoms in total. The number of nitrogens with zero attached hydrogens (tertiary/aromatic N) is 3. The molecule has 0 N–H and O–H groups in total. The van der Waals surface area contributed by atoms with Crippen LogP contribution in [0.3, 0.4) is 0 Å². The van der Waals surface area contributed by atoms with Gasteiger partial charge in [-0.25, -0.2) is 18.7 Å². The second-order valence-corrected chi connectivity index (χ2v) is 5.18. The average molecular weight is 310 g/mol. The molecular weight excluding hydrogens is 298 g/mol. The van der Waals surface area contributed by atoms with Gasteiger partial charge in [-0.05, 0) is 26.0 Å². The lowest BCUT2D eigenvalue weighted by Gasteiger charge is -2.18. The highest BCUT2D eigenvalue weighted by molar-refractivity contribution is 6.20. The predicted octanol–water partition coefficient (Wildman–Crippen LogP) is 3.94. The van der Waals surface area contributed by atoms with E-state index in [0.29, 0.717) is 11.2 Å². The van der Waals surface area contributed by atoms with Crippen LogP contribution < -0.4 is 0 Å². The van der Waals surface area contributed by atoms with Gasteiger partial charge in [-0.1, -0.05) is 0 Å². The van der Waals surface area contributed by atoms with E-state index < -0.39 is 24.3 Å². The fourth-order valence-corrected chi connectivity index (χ4v) is 2.02. The molecule has 20 heavy (non-hydrogen) atoms. The molecule has 0 aliphatic heterocycles. The van der Waals surface area contributed by atoms with Gasteiger partial charge >= 0.3 is 12.3 Å². The van der Waals surface area contributed by atoms with E-state index in [1.807, 2.05) is 0 Å². The van der Waals surface area contributed by atoms with E-state index in [4.69, 9.17) is 11.6 Å². The van der Waals surface area contributed by atoms with Crippen molar-refractivity contribution < 1.29 is 17.6 Å². The van der Waals surface area contributed by atoms with E-state index >= 15 is 0 Å². The third-order valence-corrected chi connectivity index (χ3v) is 3.00. The molecule has 1 unspecified atom stereocenters. The summed E-state index contributed by atoms with van der Waals surface area (Å²) >= 11 is 5.88. The van der Waals surface area contributed by atoms with E-state index in [0.717, 1.165) is 4.57 Å². The van der Waals surface area contributed by atoms with Crippen molar-refractivity contribution in [1.82, 2.24) is 14.5 Å². The predicted molar refractivity (Wildman–Crippen MR) is 67.5 cm³/mol. The van der Waals surface area contributed by atoms with Crippen LogP contribution in [0.5, 0.6) is 0 Å². The third kappa shape index (κ3) is 2.72.